The molecule has 0 radical (unpaired) electrons. The first-order valence-corrected chi connectivity index (χ1v) is 10.1. The van der Waals surface area contributed by atoms with Crippen LogP contribution in [0.3, 0.4) is 0 Å². The molecule has 0 spiro atoms. The van der Waals surface area contributed by atoms with Gasteiger partial charge in [0.1, 0.15) is 22.1 Å². The zero-order valence-electron chi connectivity index (χ0n) is 15.4. The highest BCUT2D eigenvalue weighted by Crippen LogP contribution is 2.35. The van der Waals surface area contributed by atoms with Gasteiger partial charge in [0.2, 0.25) is 5.78 Å². The summed E-state index contributed by atoms with van der Waals surface area (Å²) < 4.78 is 40.7. The number of allylic oxidation sites excluding steroid dienone is 1. The summed E-state index contributed by atoms with van der Waals surface area (Å²) in [4.78, 5) is 12.6. The first-order valence-electron chi connectivity index (χ1n) is 8.68. The predicted octanol–water partition coefficient (Wildman–Crippen LogP) is 4.08. The lowest BCUT2D eigenvalue weighted by Crippen LogP contribution is -2.09. The van der Waals surface area contributed by atoms with Crippen molar-refractivity contribution in [2.24, 2.45) is 0 Å². The van der Waals surface area contributed by atoms with E-state index in [1.54, 1.807) is 55.7 Å². The van der Waals surface area contributed by atoms with Gasteiger partial charge in [-0.05, 0) is 48.0 Å². The number of ether oxygens (including phenoxy) is 2. The van der Waals surface area contributed by atoms with Gasteiger partial charge in [0.15, 0.2) is 5.76 Å². The minimum absolute atomic E-state index is 0.0394. The lowest BCUT2D eigenvalue weighted by molar-refractivity contribution is 0.101. The van der Waals surface area contributed by atoms with Gasteiger partial charge >= 0.3 is 10.1 Å². The third-order valence-electron chi connectivity index (χ3n) is 4.29. The van der Waals surface area contributed by atoms with Crippen LogP contribution in [0.2, 0.25) is 0 Å². The summed E-state index contributed by atoms with van der Waals surface area (Å²) in [5.74, 6) is 0.874. The predicted molar refractivity (Wildman–Crippen MR) is 107 cm³/mol. The molecule has 3 aromatic carbocycles. The molecule has 29 heavy (non-hydrogen) atoms. The molecule has 0 bridgehead atoms. The molecule has 0 fully saturated rings. The van der Waals surface area contributed by atoms with Crippen LogP contribution in [0.5, 0.6) is 17.2 Å². The zero-order chi connectivity index (χ0) is 20.4. The van der Waals surface area contributed by atoms with Crippen LogP contribution in [-0.2, 0) is 10.1 Å². The third kappa shape index (κ3) is 3.86. The Bertz CT molecular complexity index is 1200. The molecule has 0 aromatic heterocycles. The SMILES string of the molecule is COc1ccc(C=C2Oc3cc(OS(=O)(=O)c4ccccc4)ccc3C2=O)cc1. The molecule has 146 valence electrons. The molecule has 0 saturated carbocycles. The summed E-state index contributed by atoms with van der Waals surface area (Å²) in [7, 11) is -2.41. The minimum atomic E-state index is -3.98. The van der Waals surface area contributed by atoms with Gasteiger partial charge in [0.25, 0.3) is 0 Å². The number of carbonyl (C=O) groups excluding carboxylic acids is 1. The maximum Gasteiger partial charge on any atom is 0.339 e. The lowest BCUT2D eigenvalue weighted by Gasteiger charge is -2.07. The Hall–Kier alpha value is -3.58. The van der Waals surface area contributed by atoms with E-state index >= 15 is 0 Å². The van der Waals surface area contributed by atoms with Crippen molar-refractivity contribution < 1.29 is 26.9 Å². The highest BCUT2D eigenvalue weighted by Gasteiger charge is 2.28. The molecule has 1 aliphatic heterocycles. The number of benzene rings is 3. The van der Waals surface area contributed by atoms with Gasteiger partial charge in [-0.25, -0.2) is 0 Å². The fourth-order valence-electron chi connectivity index (χ4n) is 2.83. The van der Waals surface area contributed by atoms with Crippen LogP contribution in [0.4, 0.5) is 0 Å². The molecule has 0 amide bonds. The first-order chi connectivity index (χ1) is 14.0. The number of rotatable bonds is 5. The summed E-state index contributed by atoms with van der Waals surface area (Å²) in [5.41, 5.74) is 1.11. The van der Waals surface area contributed by atoms with Gasteiger partial charge in [0.05, 0.1) is 12.7 Å². The fraction of sp³-hybridized carbons (Fsp3) is 0.0455. The van der Waals surface area contributed by atoms with Gasteiger partial charge in [-0.1, -0.05) is 30.3 Å². The molecule has 7 heteroatoms. The summed E-state index contributed by atoms with van der Waals surface area (Å²) in [6, 6.07) is 19.3. The van der Waals surface area contributed by atoms with Gasteiger partial charge in [-0.2, -0.15) is 8.42 Å². The number of carbonyl (C=O) groups is 1. The average molecular weight is 408 g/mol. The number of hydrogen-bond donors (Lipinski definition) is 0. The Labute approximate surface area is 168 Å². The molecule has 0 aliphatic carbocycles. The van der Waals surface area contributed by atoms with E-state index in [4.69, 9.17) is 13.7 Å². The van der Waals surface area contributed by atoms with Crippen LogP contribution in [0.1, 0.15) is 15.9 Å². The smallest absolute Gasteiger partial charge is 0.339 e. The first kappa shape index (κ1) is 18.8. The normalized spacial score (nSPS) is 14.4. The van der Waals surface area contributed by atoms with E-state index in [1.807, 2.05) is 0 Å². The number of methoxy groups -OCH3 is 1. The molecule has 1 aliphatic rings. The van der Waals surface area contributed by atoms with Crippen molar-refractivity contribution in [2.45, 2.75) is 4.90 Å². The van der Waals surface area contributed by atoms with Crippen molar-refractivity contribution in [2.75, 3.05) is 7.11 Å². The second-order valence-electron chi connectivity index (χ2n) is 6.22. The molecule has 0 unspecified atom stereocenters. The molecule has 0 saturated heterocycles. The molecule has 0 atom stereocenters. The standard InChI is InChI=1S/C22H16O6S/c1-26-16-9-7-15(8-10-16)13-21-22(23)19-12-11-17(14-20(19)27-21)28-29(24,25)18-5-3-2-4-6-18/h2-14H,1H3. The number of ketones is 1. The van der Waals surface area contributed by atoms with Gasteiger partial charge in [-0.3, -0.25) is 4.79 Å². The molecule has 6 nitrogen and oxygen atoms in total. The monoisotopic (exact) mass is 408 g/mol. The van der Waals surface area contributed by atoms with Crippen LogP contribution in [0.25, 0.3) is 6.08 Å². The minimum Gasteiger partial charge on any atom is -0.497 e. The van der Waals surface area contributed by atoms with E-state index in [-0.39, 0.29) is 27.9 Å². The fourth-order valence-corrected chi connectivity index (χ4v) is 3.78. The van der Waals surface area contributed by atoms with Crippen LogP contribution in [0.15, 0.2) is 83.5 Å². The van der Waals surface area contributed by atoms with E-state index in [0.29, 0.717) is 11.3 Å². The molecule has 1 heterocycles. The lowest BCUT2D eigenvalue weighted by atomic mass is 10.1. The van der Waals surface area contributed by atoms with E-state index in [2.05, 4.69) is 0 Å². The summed E-state index contributed by atoms with van der Waals surface area (Å²) in [6.07, 6.45) is 1.61. The second kappa shape index (κ2) is 7.44. The van der Waals surface area contributed by atoms with Crippen molar-refractivity contribution in [3.63, 3.8) is 0 Å². The number of fused-ring (bicyclic) bond motifs is 1. The van der Waals surface area contributed by atoms with Crippen molar-refractivity contribution >= 4 is 22.0 Å². The van der Waals surface area contributed by atoms with Crippen molar-refractivity contribution in [3.05, 3.63) is 89.7 Å². The molecular formula is C22H16O6S. The molecule has 3 aromatic rings. The Balaban J connectivity index is 1.58. The summed E-state index contributed by atoms with van der Waals surface area (Å²) in [5, 5.41) is 0. The van der Waals surface area contributed by atoms with E-state index < -0.39 is 10.1 Å². The van der Waals surface area contributed by atoms with Gasteiger partial charge in [0, 0.05) is 6.07 Å². The third-order valence-corrected chi connectivity index (χ3v) is 5.55. The van der Waals surface area contributed by atoms with Crippen LogP contribution < -0.4 is 13.7 Å². The van der Waals surface area contributed by atoms with E-state index in [0.717, 1.165) is 5.56 Å². The molecule has 0 N–H and O–H groups in total. The van der Waals surface area contributed by atoms with Crippen molar-refractivity contribution in [1.82, 2.24) is 0 Å². The zero-order valence-corrected chi connectivity index (χ0v) is 16.2. The van der Waals surface area contributed by atoms with Crippen molar-refractivity contribution in [1.29, 1.82) is 0 Å². The van der Waals surface area contributed by atoms with Crippen LogP contribution in [0, 0.1) is 0 Å². The number of Topliss-reactive ketones (excluding diaryl/α,β-unsaturated/α-hetero) is 1. The number of hydrogen-bond acceptors (Lipinski definition) is 6. The van der Waals surface area contributed by atoms with Crippen LogP contribution >= 0.6 is 0 Å². The molecule has 4 rings (SSSR count). The largest absolute Gasteiger partial charge is 0.497 e. The highest BCUT2D eigenvalue weighted by molar-refractivity contribution is 7.87. The maximum absolute atomic E-state index is 12.6. The summed E-state index contributed by atoms with van der Waals surface area (Å²) in [6.45, 7) is 0. The van der Waals surface area contributed by atoms with Crippen LogP contribution in [-0.4, -0.2) is 21.3 Å². The molecular weight excluding hydrogens is 392 g/mol. The van der Waals surface area contributed by atoms with Gasteiger partial charge in [-0.15, -0.1) is 0 Å². The Morgan fingerprint density at radius 2 is 1.59 bits per heavy atom. The summed E-state index contributed by atoms with van der Waals surface area (Å²) >= 11 is 0. The average Bonchev–Trinajstić information content (AvgIpc) is 3.03. The Kier molecular flexibility index (Phi) is 4.82. The van der Waals surface area contributed by atoms with E-state index in [1.165, 1.54) is 30.3 Å². The topological polar surface area (TPSA) is 78.9 Å². The van der Waals surface area contributed by atoms with E-state index in [9.17, 15) is 13.2 Å². The Morgan fingerprint density at radius 1 is 0.897 bits per heavy atom. The van der Waals surface area contributed by atoms with Crippen molar-refractivity contribution in [3.8, 4) is 17.2 Å². The Morgan fingerprint density at radius 3 is 2.28 bits per heavy atom. The van der Waals surface area contributed by atoms with Gasteiger partial charge < -0.3 is 13.7 Å². The highest BCUT2D eigenvalue weighted by atomic mass is 32.2. The maximum atomic E-state index is 12.6. The quantitative estimate of drug-likeness (QED) is 0.468. The second-order valence-corrected chi connectivity index (χ2v) is 7.77.